The summed E-state index contributed by atoms with van der Waals surface area (Å²) in [6, 6.07) is 0. The van der Waals surface area contributed by atoms with Gasteiger partial charge in [-0.05, 0) is 0 Å². The Bertz CT molecular complexity index is 297. The summed E-state index contributed by atoms with van der Waals surface area (Å²) >= 11 is 0. The molecule has 1 aromatic rings. The number of carbonyl (C=O) groups excluding carboxylic acids is 2. The van der Waals surface area contributed by atoms with E-state index < -0.39 is 11.8 Å². The third-order valence-corrected chi connectivity index (χ3v) is 1.19. The molecule has 0 saturated carbocycles. The first-order chi connectivity index (χ1) is 5.75. The second-order valence-corrected chi connectivity index (χ2v) is 1.95. The van der Waals surface area contributed by atoms with Crippen LogP contribution in [0.1, 0.15) is 10.4 Å². The van der Waals surface area contributed by atoms with Crippen LogP contribution in [0.25, 0.3) is 0 Å². The van der Waals surface area contributed by atoms with Crippen molar-refractivity contribution in [3.05, 3.63) is 24.3 Å². The van der Waals surface area contributed by atoms with Crippen LogP contribution >= 0.6 is 0 Å². The van der Waals surface area contributed by atoms with Gasteiger partial charge in [-0.2, -0.15) is 0 Å². The Hall–Kier alpha value is -1.78. The predicted octanol–water partition coefficient (Wildman–Crippen LogP) is -0.168. The third kappa shape index (κ3) is 1.63. The van der Waals surface area contributed by atoms with Crippen LogP contribution in [0.2, 0.25) is 0 Å². The number of carbonyl (C=O) groups is 2. The fourth-order valence-corrected chi connectivity index (χ4v) is 0.627. The fourth-order valence-electron chi connectivity index (χ4n) is 0.627. The van der Waals surface area contributed by atoms with Gasteiger partial charge in [0.2, 0.25) is 0 Å². The number of Topliss-reactive ketones (excluding diaryl/α,β-unsaturated/α-hetero) is 1. The van der Waals surface area contributed by atoms with Crippen LogP contribution in [0, 0.1) is 0 Å². The molecule has 5 heteroatoms. The van der Waals surface area contributed by atoms with E-state index in [-0.39, 0.29) is 5.56 Å². The van der Waals surface area contributed by atoms with E-state index in [1.54, 1.807) is 0 Å². The quantitative estimate of drug-likeness (QED) is 0.346. The molecule has 0 atom stereocenters. The molecule has 0 unspecified atom stereocenters. The Morgan fingerprint density at radius 1 is 1.33 bits per heavy atom. The Morgan fingerprint density at radius 3 is 2.42 bits per heavy atom. The van der Waals surface area contributed by atoms with Gasteiger partial charge in [-0.3, -0.25) is 4.79 Å². The number of ether oxygens (including phenoxy) is 1. The maximum Gasteiger partial charge on any atom is 0.379 e. The molecule has 5 nitrogen and oxygen atoms in total. The van der Waals surface area contributed by atoms with Crippen molar-refractivity contribution in [1.29, 1.82) is 0 Å². The maximum absolute atomic E-state index is 11.0. The zero-order valence-corrected chi connectivity index (χ0v) is 6.35. The van der Waals surface area contributed by atoms with Crippen molar-refractivity contribution in [3.63, 3.8) is 0 Å². The third-order valence-electron chi connectivity index (χ3n) is 1.19. The van der Waals surface area contributed by atoms with Gasteiger partial charge in [-0.15, -0.1) is 0 Å². The summed E-state index contributed by atoms with van der Waals surface area (Å²) in [4.78, 5) is 28.9. The SMILES string of the molecule is COC(=O)C(=O)c1cncnc1. The van der Waals surface area contributed by atoms with Crippen molar-refractivity contribution in [2.75, 3.05) is 7.11 Å². The number of aromatic nitrogens is 2. The number of hydrogen-bond donors (Lipinski definition) is 0. The predicted molar refractivity (Wildman–Crippen MR) is 38.4 cm³/mol. The van der Waals surface area contributed by atoms with E-state index in [9.17, 15) is 9.59 Å². The minimum absolute atomic E-state index is 0.129. The summed E-state index contributed by atoms with van der Waals surface area (Å²) in [7, 11) is 1.14. The molecule has 0 radical (unpaired) electrons. The molecule has 1 heterocycles. The van der Waals surface area contributed by atoms with Crippen molar-refractivity contribution in [2.45, 2.75) is 0 Å². The molecule has 0 aromatic carbocycles. The molecule has 0 N–H and O–H groups in total. The molecular weight excluding hydrogens is 160 g/mol. The van der Waals surface area contributed by atoms with Gasteiger partial charge in [0.25, 0.3) is 5.78 Å². The lowest BCUT2D eigenvalue weighted by Gasteiger charge is -1.95. The molecule has 0 aliphatic rings. The van der Waals surface area contributed by atoms with E-state index in [1.807, 2.05) is 0 Å². The average molecular weight is 166 g/mol. The van der Waals surface area contributed by atoms with Gasteiger partial charge < -0.3 is 4.74 Å². The zero-order valence-electron chi connectivity index (χ0n) is 6.35. The van der Waals surface area contributed by atoms with Crippen molar-refractivity contribution in [2.24, 2.45) is 0 Å². The van der Waals surface area contributed by atoms with Gasteiger partial charge in [-0.1, -0.05) is 0 Å². The van der Waals surface area contributed by atoms with Crippen LogP contribution in [-0.4, -0.2) is 28.8 Å². The molecule has 12 heavy (non-hydrogen) atoms. The van der Waals surface area contributed by atoms with Crippen LogP contribution in [0.3, 0.4) is 0 Å². The number of hydrogen-bond acceptors (Lipinski definition) is 5. The first kappa shape index (κ1) is 8.32. The first-order valence-electron chi connectivity index (χ1n) is 3.13. The van der Waals surface area contributed by atoms with Crippen LogP contribution in [0.4, 0.5) is 0 Å². The first-order valence-corrected chi connectivity index (χ1v) is 3.13. The summed E-state index contributed by atoms with van der Waals surface area (Å²) in [6.07, 6.45) is 3.78. The summed E-state index contributed by atoms with van der Waals surface area (Å²) in [6.45, 7) is 0. The molecule has 62 valence electrons. The highest BCUT2D eigenvalue weighted by molar-refractivity contribution is 6.40. The van der Waals surface area contributed by atoms with Gasteiger partial charge in [0.05, 0.1) is 12.7 Å². The highest BCUT2D eigenvalue weighted by Crippen LogP contribution is 1.95. The molecule has 1 aromatic heterocycles. The van der Waals surface area contributed by atoms with Gasteiger partial charge in [0, 0.05) is 12.4 Å². The molecule has 1 rings (SSSR count). The Labute approximate surface area is 68.4 Å². The minimum atomic E-state index is -0.912. The van der Waals surface area contributed by atoms with E-state index >= 15 is 0 Å². The average Bonchev–Trinajstić information content (AvgIpc) is 2.17. The summed E-state index contributed by atoms with van der Waals surface area (Å²) < 4.78 is 4.22. The molecule has 0 aliphatic carbocycles. The van der Waals surface area contributed by atoms with Gasteiger partial charge in [-0.25, -0.2) is 14.8 Å². The van der Waals surface area contributed by atoms with Crippen LogP contribution in [0.5, 0.6) is 0 Å². The highest BCUT2D eigenvalue weighted by atomic mass is 16.5. The largest absolute Gasteiger partial charge is 0.463 e. The molecule has 0 bridgehead atoms. The number of ketones is 1. The molecule has 0 aliphatic heterocycles. The lowest BCUT2D eigenvalue weighted by Crippen LogP contribution is -2.15. The monoisotopic (exact) mass is 166 g/mol. The Kier molecular flexibility index (Phi) is 2.47. The number of nitrogens with zero attached hydrogens (tertiary/aromatic N) is 2. The smallest absolute Gasteiger partial charge is 0.379 e. The van der Waals surface area contributed by atoms with E-state index in [1.165, 1.54) is 18.7 Å². The minimum Gasteiger partial charge on any atom is -0.463 e. The number of esters is 1. The number of methoxy groups -OCH3 is 1. The van der Waals surface area contributed by atoms with Crippen molar-refractivity contribution >= 4 is 11.8 Å². The normalized spacial score (nSPS) is 9.08. The van der Waals surface area contributed by atoms with Gasteiger partial charge in [0.15, 0.2) is 0 Å². The topological polar surface area (TPSA) is 69.2 Å². The maximum atomic E-state index is 11.0. The second-order valence-electron chi connectivity index (χ2n) is 1.95. The van der Waals surface area contributed by atoms with Crippen LogP contribution < -0.4 is 0 Å². The molecule has 0 spiro atoms. The van der Waals surface area contributed by atoms with Crippen LogP contribution in [-0.2, 0) is 9.53 Å². The molecule has 0 saturated heterocycles. The van der Waals surface area contributed by atoms with E-state index in [0.29, 0.717) is 0 Å². The van der Waals surface area contributed by atoms with Gasteiger partial charge in [0.1, 0.15) is 6.33 Å². The van der Waals surface area contributed by atoms with Crippen molar-refractivity contribution < 1.29 is 14.3 Å². The summed E-state index contributed by atoms with van der Waals surface area (Å²) in [5.41, 5.74) is 0.129. The lowest BCUT2D eigenvalue weighted by atomic mass is 10.2. The Balaban J connectivity index is 2.86. The lowest BCUT2D eigenvalue weighted by molar-refractivity contribution is -0.135. The Morgan fingerprint density at radius 2 is 1.92 bits per heavy atom. The molecular formula is C7H6N2O3. The zero-order chi connectivity index (χ0) is 8.97. The van der Waals surface area contributed by atoms with E-state index in [4.69, 9.17) is 0 Å². The molecule has 0 amide bonds. The van der Waals surface area contributed by atoms with E-state index in [2.05, 4.69) is 14.7 Å². The summed E-state index contributed by atoms with van der Waals surface area (Å²) in [5, 5.41) is 0. The standard InChI is InChI=1S/C7H6N2O3/c1-12-7(11)6(10)5-2-8-4-9-3-5/h2-4H,1H3. The van der Waals surface area contributed by atoms with Gasteiger partial charge >= 0.3 is 5.97 Å². The van der Waals surface area contributed by atoms with Crippen molar-refractivity contribution in [1.82, 2.24) is 9.97 Å². The molecule has 0 fully saturated rings. The number of rotatable bonds is 2. The van der Waals surface area contributed by atoms with Crippen LogP contribution in [0.15, 0.2) is 18.7 Å². The van der Waals surface area contributed by atoms with Crippen molar-refractivity contribution in [3.8, 4) is 0 Å². The fraction of sp³-hybridized carbons (Fsp3) is 0.143. The van der Waals surface area contributed by atoms with E-state index in [0.717, 1.165) is 7.11 Å². The second kappa shape index (κ2) is 3.56. The summed E-state index contributed by atoms with van der Waals surface area (Å²) in [5.74, 6) is -1.65. The highest BCUT2D eigenvalue weighted by Gasteiger charge is 2.16.